The summed E-state index contributed by atoms with van der Waals surface area (Å²) in [6, 6.07) is 6.16. The van der Waals surface area contributed by atoms with Crippen LogP contribution in [0.1, 0.15) is 66.0 Å². The van der Waals surface area contributed by atoms with E-state index in [1.807, 2.05) is 45.9 Å². The molecule has 0 aromatic heterocycles. The molecule has 2 unspecified atom stereocenters. The molecule has 0 aliphatic carbocycles. The van der Waals surface area contributed by atoms with Crippen LogP contribution in [0.25, 0.3) is 0 Å². The van der Waals surface area contributed by atoms with Gasteiger partial charge in [-0.15, -0.1) is 0 Å². The van der Waals surface area contributed by atoms with E-state index in [9.17, 15) is 4.79 Å². The van der Waals surface area contributed by atoms with Gasteiger partial charge in [-0.05, 0) is 58.7 Å². The van der Waals surface area contributed by atoms with Crippen LogP contribution >= 0.6 is 0 Å². The molecule has 0 aliphatic heterocycles. The van der Waals surface area contributed by atoms with Gasteiger partial charge in [0.2, 0.25) is 5.91 Å². The van der Waals surface area contributed by atoms with E-state index in [2.05, 4.69) is 34.8 Å². The van der Waals surface area contributed by atoms with Crippen LogP contribution < -0.4 is 25.4 Å². The fourth-order valence-corrected chi connectivity index (χ4v) is 2.66. The van der Waals surface area contributed by atoms with Crippen LogP contribution in [0.2, 0.25) is 0 Å². The third-order valence-corrected chi connectivity index (χ3v) is 4.39. The third kappa shape index (κ3) is 9.07. The highest BCUT2D eigenvalue weighted by molar-refractivity contribution is 5.81. The van der Waals surface area contributed by atoms with Crippen LogP contribution in [-0.2, 0) is 4.79 Å². The minimum atomic E-state index is 0.0108. The molecule has 0 saturated heterocycles. The smallest absolute Gasteiger partial charge is 0.222 e. The fourth-order valence-electron chi connectivity index (χ4n) is 2.66. The van der Waals surface area contributed by atoms with Crippen molar-refractivity contribution in [3.05, 3.63) is 23.8 Å². The van der Waals surface area contributed by atoms with Crippen molar-refractivity contribution in [1.82, 2.24) is 16.0 Å². The number of hydrogen-bond acceptors (Lipinski definition) is 4. The standard InChI is InChI=1S/C22H38N4O3/c1-7-16(5)25-21(27)13-14-24-22(23-8-2)26-17(6)18-11-12-19(28-9-3)20(15-18)29-10-4/h11-12,15-17H,7-10,13-14H2,1-6H3,(H,25,27)(H2,23,24,26). The van der Waals surface area contributed by atoms with Crippen molar-refractivity contribution < 1.29 is 14.3 Å². The fraction of sp³-hybridized carbons (Fsp3) is 0.636. The molecule has 164 valence electrons. The molecule has 29 heavy (non-hydrogen) atoms. The second kappa shape index (κ2) is 13.7. The molecule has 0 aliphatic rings. The number of carbonyl (C=O) groups excluding carboxylic acids is 1. The molecule has 2 atom stereocenters. The van der Waals surface area contributed by atoms with Crippen LogP contribution in [0.15, 0.2) is 23.2 Å². The molecule has 1 rings (SSSR count). The summed E-state index contributed by atoms with van der Waals surface area (Å²) in [5.74, 6) is 2.20. The largest absolute Gasteiger partial charge is 0.490 e. The minimum Gasteiger partial charge on any atom is -0.490 e. The van der Waals surface area contributed by atoms with Gasteiger partial charge in [0, 0.05) is 19.0 Å². The summed E-state index contributed by atoms with van der Waals surface area (Å²) < 4.78 is 11.4. The SMILES string of the molecule is CCNC(=NCCC(=O)NC(C)CC)NC(C)c1ccc(OCC)c(OCC)c1. The van der Waals surface area contributed by atoms with Gasteiger partial charge >= 0.3 is 0 Å². The average Bonchev–Trinajstić information content (AvgIpc) is 2.69. The molecule has 0 heterocycles. The predicted molar refractivity (Wildman–Crippen MR) is 119 cm³/mol. The highest BCUT2D eigenvalue weighted by Gasteiger charge is 2.13. The van der Waals surface area contributed by atoms with Crippen molar-refractivity contribution in [3.63, 3.8) is 0 Å². The highest BCUT2D eigenvalue weighted by atomic mass is 16.5. The van der Waals surface area contributed by atoms with Gasteiger partial charge in [-0.1, -0.05) is 13.0 Å². The number of guanidine groups is 1. The monoisotopic (exact) mass is 406 g/mol. The number of amides is 1. The summed E-state index contributed by atoms with van der Waals surface area (Å²) in [6.45, 7) is 14.4. The van der Waals surface area contributed by atoms with Gasteiger partial charge in [0.1, 0.15) is 0 Å². The molecule has 0 radical (unpaired) electrons. The molecule has 1 aromatic rings. The van der Waals surface area contributed by atoms with Crippen molar-refractivity contribution in [2.75, 3.05) is 26.3 Å². The molecule has 0 saturated carbocycles. The van der Waals surface area contributed by atoms with Gasteiger partial charge in [-0.25, -0.2) is 0 Å². The molecule has 0 fully saturated rings. The number of rotatable bonds is 12. The summed E-state index contributed by atoms with van der Waals surface area (Å²) in [5.41, 5.74) is 1.07. The van der Waals surface area contributed by atoms with Crippen LogP contribution in [0, 0.1) is 0 Å². The Balaban J connectivity index is 2.77. The highest BCUT2D eigenvalue weighted by Crippen LogP contribution is 2.30. The van der Waals surface area contributed by atoms with Crippen LogP contribution in [0.5, 0.6) is 11.5 Å². The predicted octanol–water partition coefficient (Wildman–Crippen LogP) is 3.40. The van der Waals surface area contributed by atoms with Crippen molar-refractivity contribution >= 4 is 11.9 Å². The zero-order valence-corrected chi connectivity index (χ0v) is 18.8. The van der Waals surface area contributed by atoms with Crippen LogP contribution in [0.3, 0.4) is 0 Å². The van der Waals surface area contributed by atoms with E-state index in [1.165, 1.54) is 0 Å². The zero-order valence-electron chi connectivity index (χ0n) is 18.8. The lowest BCUT2D eigenvalue weighted by Crippen LogP contribution is -2.39. The lowest BCUT2D eigenvalue weighted by atomic mass is 10.1. The van der Waals surface area contributed by atoms with Gasteiger partial charge < -0.3 is 25.4 Å². The van der Waals surface area contributed by atoms with E-state index in [4.69, 9.17) is 9.47 Å². The number of hydrogen-bond donors (Lipinski definition) is 3. The number of nitrogens with zero attached hydrogens (tertiary/aromatic N) is 1. The molecule has 7 heteroatoms. The molecule has 0 bridgehead atoms. The van der Waals surface area contributed by atoms with Gasteiger partial charge in [-0.2, -0.15) is 0 Å². The van der Waals surface area contributed by atoms with E-state index in [-0.39, 0.29) is 18.0 Å². The zero-order chi connectivity index (χ0) is 21.6. The van der Waals surface area contributed by atoms with Crippen LogP contribution in [-0.4, -0.2) is 44.2 Å². The number of carbonyl (C=O) groups is 1. The Morgan fingerprint density at radius 1 is 1.03 bits per heavy atom. The molecule has 0 spiro atoms. The number of ether oxygens (including phenoxy) is 2. The summed E-state index contributed by atoms with van der Waals surface area (Å²) in [6.07, 6.45) is 1.29. The van der Waals surface area contributed by atoms with E-state index < -0.39 is 0 Å². The minimum absolute atomic E-state index is 0.0108. The normalized spacial score (nSPS) is 13.4. The molecule has 1 amide bonds. The molecule has 3 N–H and O–H groups in total. The first-order valence-electron chi connectivity index (χ1n) is 10.7. The molecular weight excluding hydrogens is 368 g/mol. The Kier molecular flexibility index (Phi) is 11.6. The van der Waals surface area contributed by atoms with Gasteiger partial charge in [-0.3, -0.25) is 9.79 Å². The topological polar surface area (TPSA) is 84.0 Å². The van der Waals surface area contributed by atoms with Crippen molar-refractivity contribution in [2.45, 2.75) is 66.5 Å². The average molecular weight is 407 g/mol. The molecule has 1 aromatic carbocycles. The maximum Gasteiger partial charge on any atom is 0.222 e. The molecule has 7 nitrogen and oxygen atoms in total. The summed E-state index contributed by atoms with van der Waals surface area (Å²) in [7, 11) is 0. The van der Waals surface area contributed by atoms with Gasteiger partial charge in [0.15, 0.2) is 17.5 Å². The van der Waals surface area contributed by atoms with Crippen molar-refractivity contribution in [3.8, 4) is 11.5 Å². The number of aliphatic imine (C=N–C) groups is 1. The quantitative estimate of drug-likeness (QED) is 0.366. The number of nitrogens with one attached hydrogen (secondary N) is 3. The Bertz CT molecular complexity index is 649. The summed E-state index contributed by atoms with van der Waals surface area (Å²) >= 11 is 0. The van der Waals surface area contributed by atoms with E-state index in [0.29, 0.717) is 32.1 Å². The first-order chi connectivity index (χ1) is 13.9. The molecular formula is C22H38N4O3. The van der Waals surface area contributed by atoms with E-state index in [1.54, 1.807) is 0 Å². The summed E-state index contributed by atoms with van der Waals surface area (Å²) in [5, 5.41) is 9.58. The van der Waals surface area contributed by atoms with Crippen LogP contribution in [0.4, 0.5) is 0 Å². The first-order valence-corrected chi connectivity index (χ1v) is 10.7. The maximum atomic E-state index is 11.9. The Labute approximate surface area is 175 Å². The Hall–Kier alpha value is -2.44. The van der Waals surface area contributed by atoms with Crippen molar-refractivity contribution in [1.29, 1.82) is 0 Å². The lowest BCUT2D eigenvalue weighted by Gasteiger charge is -2.20. The van der Waals surface area contributed by atoms with E-state index >= 15 is 0 Å². The van der Waals surface area contributed by atoms with Gasteiger partial charge in [0.25, 0.3) is 0 Å². The maximum absolute atomic E-state index is 11.9. The second-order valence-electron chi connectivity index (χ2n) is 6.83. The van der Waals surface area contributed by atoms with Crippen molar-refractivity contribution in [2.24, 2.45) is 4.99 Å². The Morgan fingerprint density at radius 3 is 2.34 bits per heavy atom. The first kappa shape index (κ1) is 24.6. The lowest BCUT2D eigenvalue weighted by molar-refractivity contribution is -0.121. The Morgan fingerprint density at radius 2 is 1.72 bits per heavy atom. The second-order valence-corrected chi connectivity index (χ2v) is 6.83. The van der Waals surface area contributed by atoms with E-state index in [0.717, 1.165) is 30.0 Å². The third-order valence-electron chi connectivity index (χ3n) is 4.39. The summed E-state index contributed by atoms with van der Waals surface area (Å²) in [4.78, 5) is 16.5. The van der Waals surface area contributed by atoms with Gasteiger partial charge in [0.05, 0.1) is 25.8 Å². The number of benzene rings is 1.